The molecule has 114 valence electrons. The second kappa shape index (κ2) is 6.85. The van der Waals surface area contributed by atoms with Gasteiger partial charge in [-0.25, -0.2) is 18.1 Å². The molecule has 0 bridgehead atoms. The van der Waals surface area contributed by atoms with E-state index >= 15 is 0 Å². The lowest BCUT2D eigenvalue weighted by Crippen LogP contribution is -2.23. The molecule has 0 aliphatic heterocycles. The van der Waals surface area contributed by atoms with Gasteiger partial charge in [-0.15, -0.1) is 11.3 Å². The maximum absolute atomic E-state index is 12.3. The lowest BCUT2D eigenvalue weighted by atomic mass is 10.2. The summed E-state index contributed by atoms with van der Waals surface area (Å²) in [5.74, 6) is 0. The average Bonchev–Trinajstić information content (AvgIpc) is 2.94. The molecule has 21 heavy (non-hydrogen) atoms. The predicted octanol–water partition coefficient (Wildman–Crippen LogP) is 2.30. The number of thiazole rings is 1. The van der Waals surface area contributed by atoms with Crippen molar-refractivity contribution in [2.45, 2.75) is 31.3 Å². The van der Waals surface area contributed by atoms with Gasteiger partial charge in [0.1, 0.15) is 9.90 Å². The quantitative estimate of drug-likeness (QED) is 0.841. The van der Waals surface area contributed by atoms with E-state index in [1.54, 1.807) is 12.3 Å². The molecule has 0 unspecified atom stereocenters. The van der Waals surface area contributed by atoms with Crippen LogP contribution < -0.4 is 10.5 Å². The molecule has 2 rings (SSSR count). The Morgan fingerprint density at radius 1 is 1.43 bits per heavy atom. The molecule has 8 heteroatoms. The maximum Gasteiger partial charge on any atom is 0.242 e. The number of benzene rings is 1. The van der Waals surface area contributed by atoms with Crippen LogP contribution in [-0.2, 0) is 29.5 Å². The van der Waals surface area contributed by atoms with Crippen molar-refractivity contribution in [3.8, 4) is 0 Å². The van der Waals surface area contributed by atoms with Crippen LogP contribution in [0.15, 0.2) is 29.3 Å². The third-order valence-corrected chi connectivity index (χ3v) is 5.91. The fourth-order valence-corrected chi connectivity index (χ4v) is 4.14. The fraction of sp³-hybridized carbons (Fsp3) is 0.308. The molecule has 2 aromatic rings. The zero-order valence-corrected chi connectivity index (χ0v) is 13.9. The van der Waals surface area contributed by atoms with E-state index in [0.29, 0.717) is 5.56 Å². The minimum Gasteiger partial charge on any atom is -0.326 e. The Labute approximate surface area is 133 Å². The number of nitrogens with one attached hydrogen (secondary N) is 1. The van der Waals surface area contributed by atoms with Crippen LogP contribution in [0, 0.1) is 0 Å². The van der Waals surface area contributed by atoms with Crippen LogP contribution in [0.4, 0.5) is 0 Å². The summed E-state index contributed by atoms with van der Waals surface area (Å²) in [4.78, 5) is 5.34. The zero-order chi connectivity index (χ0) is 15.5. The van der Waals surface area contributed by atoms with Crippen molar-refractivity contribution in [2.24, 2.45) is 5.73 Å². The van der Waals surface area contributed by atoms with Crippen molar-refractivity contribution >= 4 is 33.0 Å². The highest BCUT2D eigenvalue weighted by molar-refractivity contribution is 7.89. The number of sulfonamides is 1. The summed E-state index contributed by atoms with van der Waals surface area (Å²) in [6.07, 6.45) is 2.64. The molecule has 0 fully saturated rings. The molecule has 0 atom stereocenters. The number of nitrogens with zero attached hydrogens (tertiary/aromatic N) is 1. The van der Waals surface area contributed by atoms with E-state index in [1.165, 1.54) is 23.5 Å². The summed E-state index contributed by atoms with van der Waals surface area (Å²) in [5.41, 5.74) is 6.24. The number of hydrogen-bond acceptors (Lipinski definition) is 5. The Morgan fingerprint density at radius 2 is 2.19 bits per heavy atom. The van der Waals surface area contributed by atoms with Gasteiger partial charge in [0.25, 0.3) is 0 Å². The van der Waals surface area contributed by atoms with Crippen molar-refractivity contribution in [3.05, 3.63) is 44.9 Å². The Hall–Kier alpha value is -0.990. The van der Waals surface area contributed by atoms with E-state index in [9.17, 15) is 8.42 Å². The number of aryl methyl sites for hydroxylation is 1. The van der Waals surface area contributed by atoms with Gasteiger partial charge in [0.15, 0.2) is 0 Å². The van der Waals surface area contributed by atoms with Crippen molar-refractivity contribution < 1.29 is 8.42 Å². The molecule has 3 N–H and O–H groups in total. The van der Waals surface area contributed by atoms with Crippen LogP contribution in [0.5, 0.6) is 0 Å². The van der Waals surface area contributed by atoms with Crippen LogP contribution in [0.1, 0.15) is 22.4 Å². The highest BCUT2D eigenvalue weighted by atomic mass is 35.5. The molecule has 0 aliphatic rings. The Kier molecular flexibility index (Phi) is 5.34. The number of rotatable bonds is 6. The molecule has 0 radical (unpaired) electrons. The molecule has 0 amide bonds. The van der Waals surface area contributed by atoms with Gasteiger partial charge in [-0.1, -0.05) is 24.6 Å². The maximum atomic E-state index is 12.3. The first kappa shape index (κ1) is 16.4. The fourth-order valence-electron chi connectivity index (χ4n) is 1.71. The molecule has 1 aromatic heterocycles. The summed E-state index contributed by atoms with van der Waals surface area (Å²) >= 11 is 7.46. The lowest BCUT2D eigenvalue weighted by molar-refractivity contribution is 0.581. The van der Waals surface area contributed by atoms with Gasteiger partial charge in [0, 0.05) is 17.6 Å². The second-order valence-electron chi connectivity index (χ2n) is 4.37. The van der Waals surface area contributed by atoms with Gasteiger partial charge < -0.3 is 5.73 Å². The van der Waals surface area contributed by atoms with Crippen molar-refractivity contribution in [2.75, 3.05) is 0 Å². The monoisotopic (exact) mass is 345 g/mol. The predicted molar refractivity (Wildman–Crippen MR) is 84.9 cm³/mol. The normalized spacial score (nSPS) is 11.8. The lowest BCUT2D eigenvalue weighted by Gasteiger charge is -2.08. The van der Waals surface area contributed by atoms with E-state index in [2.05, 4.69) is 9.71 Å². The molecule has 1 aromatic carbocycles. The Morgan fingerprint density at radius 3 is 2.81 bits per heavy atom. The second-order valence-corrected chi connectivity index (χ2v) is 7.71. The van der Waals surface area contributed by atoms with Gasteiger partial charge in [0.2, 0.25) is 10.0 Å². The van der Waals surface area contributed by atoms with Gasteiger partial charge in [-0.3, -0.25) is 0 Å². The number of halogens is 1. The summed E-state index contributed by atoms with van der Waals surface area (Å²) in [7, 11) is -3.69. The van der Waals surface area contributed by atoms with Crippen LogP contribution in [0.3, 0.4) is 0 Å². The van der Waals surface area contributed by atoms with Crippen molar-refractivity contribution in [3.63, 3.8) is 0 Å². The minimum absolute atomic E-state index is 0.0411. The van der Waals surface area contributed by atoms with E-state index in [1.807, 2.05) is 6.92 Å². The van der Waals surface area contributed by atoms with Crippen molar-refractivity contribution in [1.29, 1.82) is 0 Å². The van der Waals surface area contributed by atoms with Gasteiger partial charge in [0.05, 0.1) is 11.6 Å². The zero-order valence-electron chi connectivity index (χ0n) is 11.5. The Bertz CT molecular complexity index is 729. The van der Waals surface area contributed by atoms with E-state index in [-0.39, 0.29) is 23.0 Å². The van der Waals surface area contributed by atoms with Crippen LogP contribution >= 0.6 is 22.9 Å². The van der Waals surface area contributed by atoms with E-state index in [4.69, 9.17) is 17.3 Å². The Balaban J connectivity index is 2.18. The first-order chi connectivity index (χ1) is 9.96. The number of hydrogen-bond donors (Lipinski definition) is 2. The van der Waals surface area contributed by atoms with Gasteiger partial charge in [-0.2, -0.15) is 0 Å². The third kappa shape index (κ3) is 4.02. The largest absolute Gasteiger partial charge is 0.326 e. The SMILES string of the molecule is CCc1cnc(CNS(=O)(=O)c2cc(CN)ccc2Cl)s1. The molecule has 0 saturated heterocycles. The molecule has 0 spiro atoms. The van der Waals surface area contributed by atoms with Crippen LogP contribution in [0.2, 0.25) is 5.02 Å². The van der Waals surface area contributed by atoms with Gasteiger partial charge in [-0.05, 0) is 24.1 Å². The molecule has 0 saturated carbocycles. The smallest absolute Gasteiger partial charge is 0.242 e. The molecule has 0 aliphatic carbocycles. The number of aromatic nitrogens is 1. The van der Waals surface area contributed by atoms with Crippen LogP contribution in [-0.4, -0.2) is 13.4 Å². The summed E-state index contributed by atoms with van der Waals surface area (Å²) in [6.45, 7) is 2.43. The minimum atomic E-state index is -3.69. The van der Waals surface area contributed by atoms with E-state index < -0.39 is 10.0 Å². The standard InChI is InChI=1S/C13H16ClN3O2S2/c1-2-10-7-16-13(20-10)8-17-21(18,19)12-5-9(6-15)3-4-11(12)14/h3-5,7,17H,2,6,8,15H2,1H3. The molecule has 1 heterocycles. The third-order valence-electron chi connectivity index (χ3n) is 2.88. The van der Waals surface area contributed by atoms with Crippen molar-refractivity contribution in [1.82, 2.24) is 9.71 Å². The molecule has 5 nitrogen and oxygen atoms in total. The highest BCUT2D eigenvalue weighted by Gasteiger charge is 2.18. The van der Waals surface area contributed by atoms with E-state index in [0.717, 1.165) is 16.3 Å². The highest BCUT2D eigenvalue weighted by Crippen LogP contribution is 2.23. The van der Waals surface area contributed by atoms with Gasteiger partial charge >= 0.3 is 0 Å². The topological polar surface area (TPSA) is 85.1 Å². The first-order valence-corrected chi connectivity index (χ1v) is 9.05. The first-order valence-electron chi connectivity index (χ1n) is 6.38. The number of nitrogens with two attached hydrogens (primary N) is 1. The summed E-state index contributed by atoms with van der Waals surface area (Å²) in [5, 5.41) is 0.898. The van der Waals surface area contributed by atoms with Crippen LogP contribution in [0.25, 0.3) is 0 Å². The summed E-state index contributed by atoms with van der Waals surface area (Å²) < 4.78 is 27.1. The molecular formula is C13H16ClN3O2S2. The summed E-state index contributed by atoms with van der Waals surface area (Å²) in [6, 6.07) is 4.73. The average molecular weight is 346 g/mol. The molecular weight excluding hydrogens is 330 g/mol.